The average Bonchev–Trinajstić information content (AvgIpc) is 3.15. The van der Waals surface area contributed by atoms with Gasteiger partial charge in [0, 0.05) is 29.5 Å². The number of aromatic nitrogens is 1. The number of carbonyl (C=O) groups is 1. The zero-order valence-corrected chi connectivity index (χ0v) is 19.9. The number of carbonyl (C=O) groups excluding carboxylic acids is 1. The zero-order chi connectivity index (χ0) is 22.4. The number of rotatable bonds is 10. The molecule has 3 aromatic rings. The molecule has 3 N–H and O–H groups in total. The second kappa shape index (κ2) is 10.7. The average molecular weight is 504 g/mol. The van der Waals surface area contributed by atoms with Crippen molar-refractivity contribution < 1.29 is 14.6 Å². The normalized spacial score (nSPS) is 11.9. The lowest BCUT2D eigenvalue weighted by Crippen LogP contribution is -2.22. The third-order valence-electron chi connectivity index (χ3n) is 4.67. The van der Waals surface area contributed by atoms with Crippen molar-refractivity contribution in [2.75, 3.05) is 11.4 Å². The summed E-state index contributed by atoms with van der Waals surface area (Å²) >= 11 is 4.80. The number of amides is 1. The number of ether oxygens (including phenoxy) is 1. The number of nitrogens with two attached hydrogens (primary N) is 1. The smallest absolute Gasteiger partial charge is 0.260 e. The van der Waals surface area contributed by atoms with E-state index < -0.39 is 12.0 Å². The van der Waals surface area contributed by atoms with Gasteiger partial charge < -0.3 is 20.5 Å². The molecular formula is C23H26BrN3O3S. The number of hydrogen-bond acceptors (Lipinski definition) is 6. The molecule has 1 heterocycles. The third kappa shape index (κ3) is 6.29. The van der Waals surface area contributed by atoms with Crippen molar-refractivity contribution in [3.05, 3.63) is 74.7 Å². The number of aliphatic hydroxyl groups excluding tert-OH is 1. The minimum absolute atomic E-state index is 0.286. The first-order valence-electron chi connectivity index (χ1n) is 10.0. The maximum Gasteiger partial charge on any atom is 0.260 e. The van der Waals surface area contributed by atoms with Crippen LogP contribution in [-0.2, 0) is 19.6 Å². The summed E-state index contributed by atoms with van der Waals surface area (Å²) in [7, 11) is 0. The molecule has 1 unspecified atom stereocenters. The van der Waals surface area contributed by atoms with Crippen molar-refractivity contribution in [2.24, 2.45) is 5.73 Å². The van der Waals surface area contributed by atoms with Crippen LogP contribution in [0.25, 0.3) is 0 Å². The fourth-order valence-electron chi connectivity index (χ4n) is 3.15. The molecule has 2 aromatic carbocycles. The van der Waals surface area contributed by atoms with Crippen molar-refractivity contribution in [3.8, 4) is 5.75 Å². The number of primary amides is 1. The van der Waals surface area contributed by atoms with E-state index in [4.69, 9.17) is 10.5 Å². The van der Waals surface area contributed by atoms with Gasteiger partial charge in [-0.2, -0.15) is 0 Å². The fourth-order valence-corrected chi connectivity index (χ4v) is 4.57. The molecule has 8 heteroatoms. The Morgan fingerprint density at radius 3 is 2.68 bits per heavy atom. The van der Waals surface area contributed by atoms with Gasteiger partial charge in [0.05, 0.1) is 11.8 Å². The Balaban J connectivity index is 1.84. The van der Waals surface area contributed by atoms with Gasteiger partial charge in [-0.1, -0.05) is 57.6 Å². The lowest BCUT2D eigenvalue weighted by Gasteiger charge is -2.22. The van der Waals surface area contributed by atoms with E-state index in [2.05, 4.69) is 25.8 Å². The van der Waals surface area contributed by atoms with Crippen LogP contribution in [0.2, 0.25) is 0 Å². The Hall–Kier alpha value is -2.42. The van der Waals surface area contributed by atoms with Crippen LogP contribution in [0.1, 0.15) is 40.3 Å². The number of hydrogen-bond donors (Lipinski definition) is 2. The molecule has 0 saturated carbocycles. The van der Waals surface area contributed by atoms with Crippen LogP contribution in [-0.4, -0.2) is 28.6 Å². The highest BCUT2D eigenvalue weighted by molar-refractivity contribution is 9.10. The van der Waals surface area contributed by atoms with Gasteiger partial charge in [0.2, 0.25) is 0 Å². The van der Waals surface area contributed by atoms with Crippen molar-refractivity contribution in [2.45, 2.75) is 39.5 Å². The van der Waals surface area contributed by atoms with E-state index in [-0.39, 0.29) is 6.42 Å². The van der Waals surface area contributed by atoms with E-state index in [9.17, 15) is 9.90 Å². The molecule has 0 aliphatic rings. The quantitative estimate of drug-likeness (QED) is 0.424. The van der Waals surface area contributed by atoms with Crippen molar-refractivity contribution in [3.63, 3.8) is 0 Å². The number of aliphatic hydroxyl groups is 1. The van der Waals surface area contributed by atoms with E-state index in [0.29, 0.717) is 35.4 Å². The van der Waals surface area contributed by atoms with Gasteiger partial charge in [-0.25, -0.2) is 4.98 Å². The van der Waals surface area contributed by atoms with Crippen LogP contribution in [0, 0.1) is 0 Å². The predicted molar refractivity (Wildman–Crippen MR) is 128 cm³/mol. The molecule has 0 saturated heterocycles. The lowest BCUT2D eigenvalue weighted by molar-refractivity contribution is 0.100. The molecule has 0 aliphatic carbocycles. The second-order valence-corrected chi connectivity index (χ2v) is 9.12. The van der Waals surface area contributed by atoms with Gasteiger partial charge in [-0.3, -0.25) is 4.79 Å². The molecule has 164 valence electrons. The molecule has 0 spiro atoms. The number of anilines is 1. The molecular weight excluding hydrogens is 478 g/mol. The van der Waals surface area contributed by atoms with Crippen molar-refractivity contribution in [1.29, 1.82) is 0 Å². The summed E-state index contributed by atoms with van der Waals surface area (Å²) < 4.78 is 7.06. The molecule has 31 heavy (non-hydrogen) atoms. The number of thiazole rings is 1. The molecule has 1 amide bonds. The minimum Gasteiger partial charge on any atom is -0.489 e. The number of halogens is 1. The summed E-state index contributed by atoms with van der Waals surface area (Å²) in [6.07, 6.45) is -0.319. The largest absolute Gasteiger partial charge is 0.489 e. The first-order valence-corrected chi connectivity index (χ1v) is 11.7. The van der Waals surface area contributed by atoms with Gasteiger partial charge >= 0.3 is 0 Å². The van der Waals surface area contributed by atoms with E-state index in [0.717, 1.165) is 21.3 Å². The predicted octanol–water partition coefficient (Wildman–Crippen LogP) is 4.53. The van der Waals surface area contributed by atoms with Crippen LogP contribution >= 0.6 is 27.3 Å². The van der Waals surface area contributed by atoms with Gasteiger partial charge in [0.1, 0.15) is 17.2 Å². The molecule has 0 bridgehead atoms. The Morgan fingerprint density at radius 2 is 2.03 bits per heavy atom. The first-order chi connectivity index (χ1) is 14.9. The monoisotopic (exact) mass is 503 g/mol. The summed E-state index contributed by atoms with van der Waals surface area (Å²) in [5.41, 5.74) is 8.17. The van der Waals surface area contributed by atoms with Crippen LogP contribution in [0.5, 0.6) is 5.75 Å². The molecule has 0 aliphatic heterocycles. The second-order valence-electron chi connectivity index (χ2n) is 7.23. The minimum atomic E-state index is -0.605. The Morgan fingerprint density at radius 1 is 1.29 bits per heavy atom. The highest BCUT2D eigenvalue weighted by Crippen LogP contribution is 2.31. The van der Waals surface area contributed by atoms with Crippen LogP contribution in [0.15, 0.2) is 53.0 Å². The van der Waals surface area contributed by atoms with Gasteiger partial charge in [0.15, 0.2) is 5.13 Å². The SMILES string of the molecule is CCN(Cc1cc(Br)ccc1OCc1ccccc1)c1nc(CC(C)O)c(C(N)=O)s1. The maximum atomic E-state index is 11.9. The molecule has 1 atom stereocenters. The van der Waals surface area contributed by atoms with Crippen LogP contribution in [0.3, 0.4) is 0 Å². The van der Waals surface area contributed by atoms with Gasteiger partial charge in [-0.05, 0) is 37.6 Å². The van der Waals surface area contributed by atoms with Crippen molar-refractivity contribution >= 4 is 38.3 Å². The van der Waals surface area contributed by atoms with Crippen LogP contribution in [0.4, 0.5) is 5.13 Å². The molecule has 0 fully saturated rings. The lowest BCUT2D eigenvalue weighted by atomic mass is 10.2. The van der Waals surface area contributed by atoms with Crippen molar-refractivity contribution in [1.82, 2.24) is 4.98 Å². The topological polar surface area (TPSA) is 88.7 Å². The fraction of sp³-hybridized carbons (Fsp3) is 0.304. The van der Waals surface area contributed by atoms with E-state index in [1.807, 2.05) is 55.5 Å². The molecule has 0 radical (unpaired) electrons. The maximum absolute atomic E-state index is 11.9. The number of nitrogens with zero attached hydrogens (tertiary/aromatic N) is 2. The zero-order valence-electron chi connectivity index (χ0n) is 17.5. The Labute approximate surface area is 194 Å². The highest BCUT2D eigenvalue weighted by atomic mass is 79.9. The van der Waals surface area contributed by atoms with Gasteiger partial charge in [0.25, 0.3) is 5.91 Å². The summed E-state index contributed by atoms with van der Waals surface area (Å²) in [6, 6.07) is 16.0. The van der Waals surface area contributed by atoms with Gasteiger partial charge in [-0.15, -0.1) is 0 Å². The molecule has 6 nitrogen and oxygen atoms in total. The summed E-state index contributed by atoms with van der Waals surface area (Å²) in [6.45, 7) is 5.41. The molecule has 3 rings (SSSR count). The van der Waals surface area contributed by atoms with E-state index in [1.165, 1.54) is 11.3 Å². The summed E-state index contributed by atoms with van der Waals surface area (Å²) in [5.74, 6) is 0.270. The molecule has 1 aromatic heterocycles. The Kier molecular flexibility index (Phi) is 8.06. The standard InChI is InChI=1S/C23H26BrN3O3S/c1-3-27(23-26-19(11-15(2)28)21(31-23)22(25)29)13-17-12-18(24)9-10-20(17)30-14-16-7-5-4-6-8-16/h4-10,12,15,28H,3,11,13-14H2,1-2H3,(H2,25,29). The van der Waals surface area contributed by atoms with E-state index in [1.54, 1.807) is 6.92 Å². The van der Waals surface area contributed by atoms with Crippen LogP contribution < -0.4 is 15.4 Å². The summed E-state index contributed by atoms with van der Waals surface area (Å²) in [5, 5.41) is 10.4. The Bertz CT molecular complexity index is 1020. The number of benzene rings is 2. The first kappa shape index (κ1) is 23.2. The highest BCUT2D eigenvalue weighted by Gasteiger charge is 2.21. The summed E-state index contributed by atoms with van der Waals surface area (Å²) in [4.78, 5) is 18.9. The third-order valence-corrected chi connectivity index (χ3v) is 6.34. The van der Waals surface area contributed by atoms with E-state index >= 15 is 0 Å².